The van der Waals surface area contributed by atoms with Crippen molar-refractivity contribution in [1.29, 1.82) is 0 Å². The number of piperidine rings is 1. The Morgan fingerprint density at radius 3 is 2.88 bits per heavy atom. The molecule has 1 fully saturated rings. The molecule has 2 N–H and O–H groups in total. The third-order valence-electron chi connectivity index (χ3n) is 3.48. The van der Waals surface area contributed by atoms with Gasteiger partial charge in [-0.05, 0) is 31.4 Å². The average Bonchev–Trinajstić information content (AvgIpc) is 2.34. The molecular formula is C14H22N2O. The number of ether oxygens (including phenoxy) is 1. The van der Waals surface area contributed by atoms with E-state index < -0.39 is 0 Å². The molecular weight excluding hydrogens is 212 g/mol. The molecule has 0 aliphatic carbocycles. The normalized spacial score (nSPS) is 24.8. The zero-order valence-corrected chi connectivity index (χ0v) is 10.7. The Labute approximate surface area is 104 Å². The molecule has 1 saturated heterocycles. The Bertz CT molecular complexity index is 367. The van der Waals surface area contributed by atoms with Gasteiger partial charge in [-0.2, -0.15) is 0 Å². The van der Waals surface area contributed by atoms with Crippen molar-refractivity contribution in [1.82, 2.24) is 0 Å². The van der Waals surface area contributed by atoms with Crippen LogP contribution in [0.5, 0.6) is 5.75 Å². The molecule has 0 amide bonds. The van der Waals surface area contributed by atoms with Gasteiger partial charge in [0.05, 0.1) is 12.3 Å². The van der Waals surface area contributed by atoms with Gasteiger partial charge in [0, 0.05) is 19.1 Å². The van der Waals surface area contributed by atoms with E-state index in [1.807, 2.05) is 19.1 Å². The molecule has 1 aliphatic heterocycles. The Balaban J connectivity index is 2.16. The highest BCUT2D eigenvalue weighted by Gasteiger charge is 2.24. The number of nitrogens with two attached hydrogens (primary N) is 1. The van der Waals surface area contributed by atoms with Gasteiger partial charge in [-0.3, -0.25) is 0 Å². The van der Waals surface area contributed by atoms with E-state index in [1.54, 1.807) is 0 Å². The Morgan fingerprint density at radius 2 is 2.18 bits per heavy atom. The lowest BCUT2D eigenvalue weighted by atomic mass is 9.94. The maximum absolute atomic E-state index is 6.06. The summed E-state index contributed by atoms with van der Waals surface area (Å²) in [4.78, 5) is 2.39. The van der Waals surface area contributed by atoms with Crippen LogP contribution in [-0.2, 0) is 0 Å². The quantitative estimate of drug-likeness (QED) is 0.872. The van der Waals surface area contributed by atoms with Crippen LogP contribution in [0.25, 0.3) is 0 Å². The zero-order chi connectivity index (χ0) is 12.3. The molecule has 94 valence electrons. The summed E-state index contributed by atoms with van der Waals surface area (Å²) in [7, 11) is 0. The number of nitrogens with zero attached hydrogens (tertiary/aromatic N) is 1. The van der Waals surface area contributed by atoms with E-state index in [4.69, 9.17) is 10.5 Å². The van der Waals surface area contributed by atoms with Gasteiger partial charge in [0.25, 0.3) is 0 Å². The number of hydrogen-bond acceptors (Lipinski definition) is 3. The minimum absolute atomic E-state index is 0.338. The fraction of sp³-hybridized carbons (Fsp3) is 0.571. The number of hydrogen-bond donors (Lipinski definition) is 1. The lowest BCUT2D eigenvalue weighted by Gasteiger charge is -2.37. The number of anilines is 1. The molecule has 1 aliphatic rings. The van der Waals surface area contributed by atoms with Crippen LogP contribution in [0.4, 0.5) is 5.69 Å². The highest BCUT2D eigenvalue weighted by molar-refractivity contribution is 5.58. The second-order valence-corrected chi connectivity index (χ2v) is 4.78. The molecule has 17 heavy (non-hydrogen) atoms. The minimum atomic E-state index is 0.338. The zero-order valence-electron chi connectivity index (χ0n) is 10.7. The maximum atomic E-state index is 6.06. The van der Waals surface area contributed by atoms with Crippen LogP contribution in [0.3, 0.4) is 0 Å². The fourth-order valence-electron chi connectivity index (χ4n) is 2.38. The van der Waals surface area contributed by atoms with Gasteiger partial charge in [-0.25, -0.2) is 0 Å². The average molecular weight is 234 g/mol. The Kier molecular flexibility index (Phi) is 3.89. The van der Waals surface area contributed by atoms with Gasteiger partial charge >= 0.3 is 0 Å². The van der Waals surface area contributed by atoms with Crippen molar-refractivity contribution in [3.63, 3.8) is 0 Å². The first-order valence-corrected chi connectivity index (χ1v) is 6.44. The van der Waals surface area contributed by atoms with E-state index >= 15 is 0 Å². The van der Waals surface area contributed by atoms with E-state index in [-0.39, 0.29) is 0 Å². The third kappa shape index (κ3) is 2.72. The molecule has 0 spiro atoms. The molecule has 0 radical (unpaired) electrons. The van der Waals surface area contributed by atoms with E-state index in [0.717, 1.165) is 25.3 Å². The lowest BCUT2D eigenvalue weighted by molar-refractivity contribution is 0.335. The summed E-state index contributed by atoms with van der Waals surface area (Å²) in [6.45, 7) is 6.99. The second kappa shape index (κ2) is 5.41. The molecule has 0 aromatic heterocycles. The van der Waals surface area contributed by atoms with Gasteiger partial charge in [0.15, 0.2) is 0 Å². The maximum Gasteiger partial charge on any atom is 0.142 e. The van der Waals surface area contributed by atoms with Crippen molar-refractivity contribution in [3.8, 4) is 5.75 Å². The van der Waals surface area contributed by atoms with Crippen molar-refractivity contribution < 1.29 is 4.74 Å². The lowest BCUT2D eigenvalue weighted by Crippen LogP contribution is -2.46. The van der Waals surface area contributed by atoms with E-state index in [0.29, 0.717) is 18.6 Å². The summed E-state index contributed by atoms with van der Waals surface area (Å²) in [5.41, 5.74) is 7.26. The first-order chi connectivity index (χ1) is 8.22. The molecule has 3 heteroatoms. The summed E-state index contributed by atoms with van der Waals surface area (Å²) < 4.78 is 5.68. The summed E-state index contributed by atoms with van der Waals surface area (Å²) in [6, 6.07) is 8.60. The van der Waals surface area contributed by atoms with Crippen LogP contribution in [-0.4, -0.2) is 25.7 Å². The van der Waals surface area contributed by atoms with Gasteiger partial charge in [-0.1, -0.05) is 19.1 Å². The molecule has 1 aromatic rings. The van der Waals surface area contributed by atoms with Crippen molar-refractivity contribution in [3.05, 3.63) is 24.3 Å². The van der Waals surface area contributed by atoms with Crippen molar-refractivity contribution in [2.24, 2.45) is 11.7 Å². The summed E-state index contributed by atoms with van der Waals surface area (Å²) in [5.74, 6) is 1.52. The van der Waals surface area contributed by atoms with E-state index in [2.05, 4.69) is 24.0 Å². The summed E-state index contributed by atoms with van der Waals surface area (Å²) in [6.07, 6.45) is 1.06. The largest absolute Gasteiger partial charge is 0.492 e. The van der Waals surface area contributed by atoms with Crippen LogP contribution in [0.1, 0.15) is 20.3 Å². The molecule has 2 unspecified atom stereocenters. The standard InChI is InChI=1S/C14H22N2O/c1-3-17-14-7-5-4-6-13(14)16-9-8-12(15)11(2)10-16/h4-7,11-12H,3,8-10,15H2,1-2H3. The van der Waals surface area contributed by atoms with Crippen LogP contribution in [0, 0.1) is 5.92 Å². The Hall–Kier alpha value is -1.22. The minimum Gasteiger partial charge on any atom is -0.492 e. The van der Waals surface area contributed by atoms with Crippen LogP contribution < -0.4 is 15.4 Å². The first-order valence-electron chi connectivity index (χ1n) is 6.44. The van der Waals surface area contributed by atoms with Crippen molar-refractivity contribution >= 4 is 5.69 Å². The van der Waals surface area contributed by atoms with Gasteiger partial charge in [0.1, 0.15) is 5.75 Å². The van der Waals surface area contributed by atoms with Crippen molar-refractivity contribution in [2.75, 3.05) is 24.6 Å². The monoisotopic (exact) mass is 234 g/mol. The van der Waals surface area contributed by atoms with Crippen LogP contribution in [0.2, 0.25) is 0 Å². The summed E-state index contributed by atoms with van der Waals surface area (Å²) >= 11 is 0. The number of benzene rings is 1. The number of rotatable bonds is 3. The molecule has 2 atom stereocenters. The smallest absolute Gasteiger partial charge is 0.142 e. The topological polar surface area (TPSA) is 38.5 Å². The van der Waals surface area contributed by atoms with E-state index in [9.17, 15) is 0 Å². The molecule has 1 heterocycles. The third-order valence-corrected chi connectivity index (χ3v) is 3.48. The molecule has 1 aromatic carbocycles. The SMILES string of the molecule is CCOc1ccccc1N1CCC(N)C(C)C1. The van der Waals surface area contributed by atoms with Gasteiger partial charge in [0.2, 0.25) is 0 Å². The fourth-order valence-corrected chi connectivity index (χ4v) is 2.38. The molecule has 2 rings (SSSR count). The predicted molar refractivity (Wildman–Crippen MR) is 71.6 cm³/mol. The molecule has 0 bridgehead atoms. The van der Waals surface area contributed by atoms with Crippen molar-refractivity contribution in [2.45, 2.75) is 26.3 Å². The van der Waals surface area contributed by atoms with E-state index in [1.165, 1.54) is 5.69 Å². The second-order valence-electron chi connectivity index (χ2n) is 4.78. The molecule has 3 nitrogen and oxygen atoms in total. The predicted octanol–water partition coefficient (Wildman–Crippen LogP) is 2.26. The van der Waals surface area contributed by atoms with Gasteiger partial charge in [-0.15, -0.1) is 0 Å². The van der Waals surface area contributed by atoms with Crippen LogP contribution in [0.15, 0.2) is 24.3 Å². The highest BCUT2D eigenvalue weighted by atomic mass is 16.5. The highest BCUT2D eigenvalue weighted by Crippen LogP contribution is 2.31. The summed E-state index contributed by atoms with van der Waals surface area (Å²) in [5, 5.41) is 0. The Morgan fingerprint density at radius 1 is 1.41 bits per heavy atom. The molecule has 0 saturated carbocycles. The first kappa shape index (κ1) is 12.2. The number of para-hydroxylation sites is 2. The van der Waals surface area contributed by atoms with Crippen LogP contribution >= 0.6 is 0 Å². The van der Waals surface area contributed by atoms with Gasteiger partial charge < -0.3 is 15.4 Å².